The molecule has 0 fully saturated rings. The summed E-state index contributed by atoms with van der Waals surface area (Å²) in [7, 11) is -1.44. The van der Waals surface area contributed by atoms with Gasteiger partial charge in [-0.2, -0.15) is 0 Å². The summed E-state index contributed by atoms with van der Waals surface area (Å²) in [6.07, 6.45) is 1.46. The zero-order valence-corrected chi connectivity index (χ0v) is 20.6. The van der Waals surface area contributed by atoms with Gasteiger partial charge in [0.15, 0.2) is 0 Å². The van der Waals surface area contributed by atoms with Crippen molar-refractivity contribution < 1.29 is 9.13 Å². The second-order valence-corrected chi connectivity index (χ2v) is 14.6. The number of rotatable bonds is 5. The Balaban J connectivity index is 1.46. The molecule has 3 aromatic rings. The highest BCUT2D eigenvalue weighted by molar-refractivity contribution is 7.17. The summed E-state index contributed by atoms with van der Waals surface area (Å²) in [5.41, 5.74) is 6.03. The van der Waals surface area contributed by atoms with Crippen LogP contribution in [-0.4, -0.2) is 14.4 Å². The minimum atomic E-state index is -1.44. The van der Waals surface area contributed by atoms with Crippen LogP contribution in [0.4, 0.5) is 15.1 Å². The molecule has 0 radical (unpaired) electrons. The highest BCUT2D eigenvalue weighted by Crippen LogP contribution is 2.37. The number of hydrogen-bond donors (Lipinski definition) is 2. The molecule has 2 aromatic carbocycles. The topological polar surface area (TPSA) is 45.7 Å². The first-order valence-corrected chi connectivity index (χ1v) is 14.8. The van der Waals surface area contributed by atoms with Crippen LogP contribution in [0.2, 0.25) is 24.7 Å². The van der Waals surface area contributed by atoms with Crippen LogP contribution in [0.3, 0.4) is 0 Å². The molecular weight excluding hydrogens is 461 g/mol. The van der Waals surface area contributed by atoms with Crippen molar-refractivity contribution in [2.24, 2.45) is 4.99 Å². The van der Waals surface area contributed by atoms with Gasteiger partial charge >= 0.3 is 0 Å². The van der Waals surface area contributed by atoms with Gasteiger partial charge in [0.1, 0.15) is 37.4 Å². The van der Waals surface area contributed by atoms with E-state index in [1.807, 2.05) is 12.1 Å². The average molecular weight is 484 g/mol. The standard InChI is InChI=1S/C24H23ClFN3OSSi/c1-32(2,3)10-9-19-13-20-23(27-15-28-24(20)31-19)29-18-7-8-22(21(25)12-18)30-14-16-5-4-6-17(26)11-16/h4-8,11-13,15,23,29H,14H2,1-3H3,(H,27,28). The molecule has 0 amide bonds. The van der Waals surface area contributed by atoms with Crippen LogP contribution in [0.1, 0.15) is 22.2 Å². The van der Waals surface area contributed by atoms with E-state index >= 15 is 0 Å². The lowest BCUT2D eigenvalue weighted by Gasteiger charge is -2.20. The largest absolute Gasteiger partial charge is 0.487 e. The molecule has 0 spiro atoms. The minimum Gasteiger partial charge on any atom is -0.487 e. The molecule has 4 rings (SSSR count). The lowest BCUT2D eigenvalue weighted by molar-refractivity contribution is 0.306. The van der Waals surface area contributed by atoms with Crippen LogP contribution >= 0.6 is 22.9 Å². The Labute approximate surface area is 197 Å². The molecule has 2 heterocycles. The van der Waals surface area contributed by atoms with E-state index < -0.39 is 8.07 Å². The van der Waals surface area contributed by atoms with E-state index in [-0.39, 0.29) is 18.6 Å². The highest BCUT2D eigenvalue weighted by Gasteiger charge is 2.21. The molecule has 1 aromatic heterocycles. The molecule has 1 unspecified atom stereocenters. The van der Waals surface area contributed by atoms with Crippen molar-refractivity contribution in [2.75, 3.05) is 10.6 Å². The Hall–Kier alpha value is -2.79. The molecule has 1 aliphatic rings. The van der Waals surface area contributed by atoms with Gasteiger partial charge in [-0.15, -0.1) is 16.9 Å². The van der Waals surface area contributed by atoms with Gasteiger partial charge < -0.3 is 15.4 Å². The number of benzene rings is 2. The quantitative estimate of drug-likeness (QED) is 0.306. The summed E-state index contributed by atoms with van der Waals surface area (Å²) in [6, 6.07) is 13.9. The van der Waals surface area contributed by atoms with Crippen LogP contribution in [0.25, 0.3) is 0 Å². The minimum absolute atomic E-state index is 0.236. The second kappa shape index (κ2) is 9.37. The van der Waals surface area contributed by atoms with Crippen LogP contribution < -0.4 is 15.4 Å². The maximum atomic E-state index is 13.3. The third kappa shape index (κ3) is 5.71. The summed E-state index contributed by atoms with van der Waals surface area (Å²) in [5, 5.41) is 8.13. The van der Waals surface area contributed by atoms with E-state index in [1.54, 1.807) is 35.9 Å². The molecule has 0 saturated heterocycles. The van der Waals surface area contributed by atoms with Crippen molar-refractivity contribution in [3.63, 3.8) is 0 Å². The molecule has 32 heavy (non-hydrogen) atoms. The number of ether oxygens (including phenoxy) is 1. The summed E-state index contributed by atoms with van der Waals surface area (Å²) < 4.78 is 19.1. The Morgan fingerprint density at radius 2 is 2.06 bits per heavy atom. The number of hydrogen-bond acceptors (Lipinski definition) is 5. The molecule has 0 bridgehead atoms. The molecular formula is C24H23ClFN3OSSi. The maximum absolute atomic E-state index is 13.3. The molecule has 0 aliphatic carbocycles. The summed E-state index contributed by atoms with van der Waals surface area (Å²) in [5.74, 6) is 3.57. The zero-order chi connectivity index (χ0) is 22.7. The number of thiophene rings is 1. The number of halogens is 2. The molecule has 2 N–H and O–H groups in total. The summed E-state index contributed by atoms with van der Waals surface area (Å²) in [4.78, 5) is 5.56. The number of nitrogens with zero attached hydrogens (tertiary/aromatic N) is 1. The number of nitrogens with one attached hydrogen (secondary N) is 2. The van der Waals surface area contributed by atoms with Crippen LogP contribution in [0.15, 0.2) is 53.5 Å². The fourth-order valence-electron chi connectivity index (χ4n) is 3.05. The van der Waals surface area contributed by atoms with Crippen molar-refractivity contribution in [3.8, 4) is 17.2 Å². The Bertz CT molecular complexity index is 1230. The van der Waals surface area contributed by atoms with E-state index in [0.717, 1.165) is 26.7 Å². The number of anilines is 2. The maximum Gasteiger partial charge on any atom is 0.149 e. The van der Waals surface area contributed by atoms with Crippen LogP contribution in [0.5, 0.6) is 5.75 Å². The third-order valence-electron chi connectivity index (χ3n) is 4.55. The zero-order valence-electron chi connectivity index (χ0n) is 18.0. The van der Waals surface area contributed by atoms with Gasteiger partial charge in [0.05, 0.1) is 16.2 Å². The van der Waals surface area contributed by atoms with Crippen LogP contribution in [-0.2, 0) is 6.61 Å². The highest BCUT2D eigenvalue weighted by atomic mass is 35.5. The van der Waals surface area contributed by atoms with Crippen molar-refractivity contribution in [1.82, 2.24) is 0 Å². The van der Waals surface area contributed by atoms with Gasteiger partial charge in [-0.25, -0.2) is 9.38 Å². The molecule has 164 valence electrons. The van der Waals surface area contributed by atoms with Crippen molar-refractivity contribution in [3.05, 3.63) is 75.4 Å². The predicted molar refractivity (Wildman–Crippen MR) is 135 cm³/mol. The summed E-state index contributed by atoms with van der Waals surface area (Å²) in [6.45, 7) is 6.93. The van der Waals surface area contributed by atoms with Crippen molar-refractivity contribution in [1.29, 1.82) is 0 Å². The molecule has 8 heteroatoms. The van der Waals surface area contributed by atoms with E-state index in [0.29, 0.717) is 10.8 Å². The van der Waals surface area contributed by atoms with Gasteiger partial charge in [0, 0.05) is 11.3 Å². The SMILES string of the molecule is C[Si](C)(C)C#Cc1cc2c(s1)NC=NC2Nc1ccc(OCc2cccc(F)c2)c(Cl)c1. The van der Waals surface area contributed by atoms with E-state index in [1.165, 1.54) is 12.1 Å². The fraction of sp³-hybridized carbons (Fsp3) is 0.208. The first-order chi connectivity index (χ1) is 15.3. The van der Waals surface area contributed by atoms with Gasteiger partial charge in [0.25, 0.3) is 0 Å². The normalized spacial score (nSPS) is 14.7. The number of fused-ring (bicyclic) bond motifs is 1. The molecule has 4 nitrogen and oxygen atoms in total. The van der Waals surface area contributed by atoms with Gasteiger partial charge in [-0.05, 0) is 42.0 Å². The average Bonchev–Trinajstić information content (AvgIpc) is 3.16. The molecule has 1 atom stereocenters. The lowest BCUT2D eigenvalue weighted by Crippen LogP contribution is -2.16. The van der Waals surface area contributed by atoms with Gasteiger partial charge in [-0.3, -0.25) is 0 Å². The fourth-order valence-corrected chi connectivity index (χ4v) is 4.79. The predicted octanol–water partition coefficient (Wildman–Crippen LogP) is 6.91. The molecule has 0 saturated carbocycles. The van der Waals surface area contributed by atoms with Crippen LogP contribution in [0, 0.1) is 17.3 Å². The van der Waals surface area contributed by atoms with E-state index in [9.17, 15) is 4.39 Å². The van der Waals surface area contributed by atoms with Crippen molar-refractivity contribution >= 4 is 48.0 Å². The van der Waals surface area contributed by atoms with E-state index in [2.05, 4.69) is 52.8 Å². The van der Waals surface area contributed by atoms with Gasteiger partial charge in [-0.1, -0.05) is 49.3 Å². The van der Waals surface area contributed by atoms with E-state index in [4.69, 9.17) is 16.3 Å². The second-order valence-electron chi connectivity index (χ2n) is 8.43. The first-order valence-electron chi connectivity index (χ1n) is 10.2. The smallest absolute Gasteiger partial charge is 0.149 e. The Morgan fingerprint density at radius 3 is 2.81 bits per heavy atom. The monoisotopic (exact) mass is 483 g/mol. The number of aliphatic imine (C=N–C) groups is 1. The third-order valence-corrected chi connectivity index (χ3v) is 6.72. The Morgan fingerprint density at radius 1 is 1.22 bits per heavy atom. The van der Waals surface area contributed by atoms with Gasteiger partial charge in [0.2, 0.25) is 0 Å². The Kier molecular flexibility index (Phi) is 6.56. The van der Waals surface area contributed by atoms with Crippen molar-refractivity contribution in [2.45, 2.75) is 32.4 Å². The molecule has 1 aliphatic heterocycles. The first kappa shape index (κ1) is 22.4. The summed E-state index contributed by atoms with van der Waals surface area (Å²) >= 11 is 8.07. The lowest BCUT2D eigenvalue weighted by atomic mass is 10.2.